The van der Waals surface area contributed by atoms with Crippen LogP contribution in [0.5, 0.6) is 5.88 Å². The molecule has 0 atom stereocenters. The van der Waals surface area contributed by atoms with Gasteiger partial charge in [-0.2, -0.15) is 13.2 Å². The molecule has 1 heterocycles. The summed E-state index contributed by atoms with van der Waals surface area (Å²) in [4.78, 5) is 28.0. The first kappa shape index (κ1) is 20.2. The molecule has 6 nitrogen and oxygen atoms in total. The first-order chi connectivity index (χ1) is 12.6. The first-order valence-electron chi connectivity index (χ1n) is 8.02. The second-order valence-corrected chi connectivity index (χ2v) is 5.63. The van der Waals surface area contributed by atoms with Crippen molar-refractivity contribution in [3.8, 4) is 5.88 Å². The Morgan fingerprint density at radius 1 is 1.11 bits per heavy atom. The maximum Gasteiger partial charge on any atom is 0.416 e. The van der Waals surface area contributed by atoms with E-state index in [4.69, 9.17) is 4.74 Å². The van der Waals surface area contributed by atoms with Gasteiger partial charge in [0, 0.05) is 12.6 Å². The van der Waals surface area contributed by atoms with E-state index in [2.05, 4.69) is 15.6 Å². The van der Waals surface area contributed by atoms with Gasteiger partial charge in [0.25, 0.3) is 5.91 Å². The zero-order chi connectivity index (χ0) is 20.2. The van der Waals surface area contributed by atoms with E-state index in [1.165, 1.54) is 13.0 Å². The fourth-order valence-electron chi connectivity index (χ4n) is 2.26. The molecule has 0 aliphatic carbocycles. The lowest BCUT2D eigenvalue weighted by atomic mass is 10.1. The normalized spacial score (nSPS) is 11.0. The molecule has 1 aromatic heterocycles. The summed E-state index contributed by atoms with van der Waals surface area (Å²) in [7, 11) is 0. The van der Waals surface area contributed by atoms with Gasteiger partial charge in [0.1, 0.15) is 5.56 Å². The number of halogens is 3. The highest BCUT2D eigenvalue weighted by Crippen LogP contribution is 2.34. The smallest absolute Gasteiger partial charge is 0.416 e. The molecule has 1 aromatic carbocycles. The Morgan fingerprint density at radius 3 is 2.41 bits per heavy atom. The van der Waals surface area contributed by atoms with Crippen LogP contribution >= 0.6 is 0 Å². The number of anilines is 2. The number of nitrogens with one attached hydrogen (secondary N) is 2. The second-order valence-electron chi connectivity index (χ2n) is 5.63. The molecule has 2 N–H and O–H groups in total. The van der Waals surface area contributed by atoms with E-state index in [1.54, 1.807) is 19.9 Å². The number of carbonyl (C=O) groups excluding carboxylic acids is 2. The zero-order valence-corrected chi connectivity index (χ0v) is 14.9. The third-order valence-electron chi connectivity index (χ3n) is 3.43. The SMILES string of the molecule is CCOc1nc(C)ccc1C(=O)Nc1cc(C(F)(F)F)ccc1NC(C)=O. The Kier molecular flexibility index (Phi) is 6.04. The van der Waals surface area contributed by atoms with Gasteiger partial charge in [-0.25, -0.2) is 4.98 Å². The summed E-state index contributed by atoms with van der Waals surface area (Å²) in [5.74, 6) is -1.13. The van der Waals surface area contributed by atoms with E-state index in [1.807, 2.05) is 0 Å². The van der Waals surface area contributed by atoms with Crippen molar-refractivity contribution in [2.45, 2.75) is 26.9 Å². The minimum atomic E-state index is -4.60. The lowest BCUT2D eigenvalue weighted by Gasteiger charge is -2.16. The van der Waals surface area contributed by atoms with Crippen molar-refractivity contribution in [1.29, 1.82) is 0 Å². The van der Waals surface area contributed by atoms with Crippen LogP contribution in [0.15, 0.2) is 30.3 Å². The van der Waals surface area contributed by atoms with Gasteiger partial charge in [-0.15, -0.1) is 0 Å². The van der Waals surface area contributed by atoms with E-state index in [0.717, 1.165) is 18.2 Å². The highest BCUT2D eigenvalue weighted by atomic mass is 19.4. The lowest BCUT2D eigenvalue weighted by molar-refractivity contribution is -0.137. The molecule has 0 aliphatic heterocycles. The minimum absolute atomic E-state index is 0.0434. The average molecular weight is 381 g/mol. The first-order valence-corrected chi connectivity index (χ1v) is 8.02. The van der Waals surface area contributed by atoms with Crippen LogP contribution in [0.2, 0.25) is 0 Å². The molecule has 0 spiro atoms. The van der Waals surface area contributed by atoms with E-state index < -0.39 is 23.6 Å². The zero-order valence-electron chi connectivity index (χ0n) is 14.9. The number of aryl methyl sites for hydroxylation is 1. The molecule has 9 heteroatoms. The van der Waals surface area contributed by atoms with Crippen LogP contribution in [0.4, 0.5) is 24.5 Å². The molecule has 0 aliphatic rings. The van der Waals surface area contributed by atoms with Gasteiger partial charge in [0.05, 0.1) is 23.5 Å². The standard InChI is InChI=1S/C18H18F3N3O3/c1-4-27-17-13(7-5-10(2)22-17)16(26)24-15-9-12(18(19,20)21)6-8-14(15)23-11(3)25/h5-9H,4H2,1-3H3,(H,23,25)(H,24,26). The maximum absolute atomic E-state index is 13.0. The highest BCUT2D eigenvalue weighted by Gasteiger charge is 2.31. The quantitative estimate of drug-likeness (QED) is 0.820. The minimum Gasteiger partial charge on any atom is -0.477 e. The topological polar surface area (TPSA) is 80.3 Å². The Labute approximate surface area is 153 Å². The van der Waals surface area contributed by atoms with Crippen LogP contribution in [-0.4, -0.2) is 23.4 Å². The van der Waals surface area contributed by atoms with Gasteiger partial charge in [-0.05, 0) is 44.2 Å². The fraction of sp³-hybridized carbons (Fsp3) is 0.278. The number of aromatic nitrogens is 1. The lowest BCUT2D eigenvalue weighted by Crippen LogP contribution is -2.18. The van der Waals surface area contributed by atoms with Crippen molar-refractivity contribution in [3.05, 3.63) is 47.2 Å². The Balaban J connectivity index is 2.42. The van der Waals surface area contributed by atoms with Crippen LogP contribution < -0.4 is 15.4 Å². The summed E-state index contributed by atoms with van der Waals surface area (Å²) in [5, 5.41) is 4.78. The Bertz CT molecular complexity index is 867. The maximum atomic E-state index is 13.0. The molecule has 0 unspecified atom stereocenters. The molecule has 27 heavy (non-hydrogen) atoms. The number of pyridine rings is 1. The van der Waals surface area contributed by atoms with Gasteiger partial charge < -0.3 is 15.4 Å². The van der Waals surface area contributed by atoms with Gasteiger partial charge in [-0.3, -0.25) is 9.59 Å². The number of hydrogen-bond acceptors (Lipinski definition) is 4. The molecule has 2 amide bonds. The third kappa shape index (κ3) is 5.19. The van der Waals surface area contributed by atoms with E-state index in [0.29, 0.717) is 5.69 Å². The number of benzene rings is 1. The number of amides is 2. The molecule has 144 valence electrons. The molecule has 0 radical (unpaired) electrons. The van der Waals surface area contributed by atoms with Crippen molar-refractivity contribution in [3.63, 3.8) is 0 Å². The molecule has 0 fully saturated rings. The third-order valence-corrected chi connectivity index (χ3v) is 3.43. The predicted molar refractivity (Wildman–Crippen MR) is 93.8 cm³/mol. The van der Waals surface area contributed by atoms with Crippen molar-refractivity contribution in [1.82, 2.24) is 4.98 Å². The molecule has 0 bridgehead atoms. The van der Waals surface area contributed by atoms with Crippen LogP contribution in [0.1, 0.15) is 35.5 Å². The number of nitrogens with zero attached hydrogens (tertiary/aromatic N) is 1. The summed E-state index contributed by atoms with van der Waals surface area (Å²) < 4.78 is 44.3. The molecular weight excluding hydrogens is 363 g/mol. The van der Waals surface area contributed by atoms with Crippen molar-refractivity contribution < 1.29 is 27.5 Å². The van der Waals surface area contributed by atoms with Crippen molar-refractivity contribution in [2.24, 2.45) is 0 Å². The van der Waals surface area contributed by atoms with Gasteiger partial charge >= 0.3 is 6.18 Å². The molecule has 2 aromatic rings. The molecular formula is C18H18F3N3O3. The van der Waals surface area contributed by atoms with Crippen LogP contribution in [0.3, 0.4) is 0 Å². The summed E-state index contributed by atoms with van der Waals surface area (Å²) in [6, 6.07) is 5.70. The number of ether oxygens (including phenoxy) is 1. The summed E-state index contributed by atoms with van der Waals surface area (Å²) in [6.07, 6.45) is -4.60. The van der Waals surface area contributed by atoms with Crippen LogP contribution in [0, 0.1) is 6.92 Å². The number of alkyl halides is 3. The summed E-state index contributed by atoms with van der Waals surface area (Å²) >= 11 is 0. The largest absolute Gasteiger partial charge is 0.477 e. The van der Waals surface area contributed by atoms with E-state index >= 15 is 0 Å². The number of rotatable bonds is 5. The van der Waals surface area contributed by atoms with E-state index in [9.17, 15) is 22.8 Å². The van der Waals surface area contributed by atoms with Gasteiger partial charge in [0.2, 0.25) is 11.8 Å². The fourth-order valence-corrected chi connectivity index (χ4v) is 2.26. The number of carbonyl (C=O) groups is 2. The molecule has 0 saturated carbocycles. The number of hydrogen-bond donors (Lipinski definition) is 2. The predicted octanol–water partition coefficient (Wildman–Crippen LogP) is 4.02. The van der Waals surface area contributed by atoms with Crippen molar-refractivity contribution in [2.75, 3.05) is 17.2 Å². The second kappa shape index (κ2) is 8.07. The van der Waals surface area contributed by atoms with Gasteiger partial charge in [0.15, 0.2) is 0 Å². The highest BCUT2D eigenvalue weighted by molar-refractivity contribution is 6.08. The summed E-state index contributed by atoms with van der Waals surface area (Å²) in [6.45, 7) is 4.90. The average Bonchev–Trinajstić information content (AvgIpc) is 2.55. The van der Waals surface area contributed by atoms with Crippen LogP contribution in [-0.2, 0) is 11.0 Å². The summed E-state index contributed by atoms with van der Waals surface area (Å²) in [5.41, 5.74) is -0.421. The van der Waals surface area contributed by atoms with Gasteiger partial charge in [-0.1, -0.05) is 0 Å². The Hall–Kier alpha value is -3.10. The van der Waals surface area contributed by atoms with Crippen molar-refractivity contribution >= 4 is 23.2 Å². The van der Waals surface area contributed by atoms with E-state index in [-0.39, 0.29) is 29.4 Å². The molecule has 2 rings (SSSR count). The molecule has 0 saturated heterocycles. The Morgan fingerprint density at radius 2 is 1.81 bits per heavy atom. The van der Waals surface area contributed by atoms with Crippen LogP contribution in [0.25, 0.3) is 0 Å². The monoisotopic (exact) mass is 381 g/mol.